The van der Waals surface area contributed by atoms with Crippen LogP contribution in [0.25, 0.3) is 0 Å². The first-order valence-corrected chi connectivity index (χ1v) is 13.3. The van der Waals surface area contributed by atoms with E-state index in [0.29, 0.717) is 6.07 Å². The Hall–Kier alpha value is -1.96. The van der Waals surface area contributed by atoms with E-state index in [1.54, 1.807) is 0 Å². The summed E-state index contributed by atoms with van der Waals surface area (Å²) in [7, 11) is -10.4. The van der Waals surface area contributed by atoms with Crippen molar-refractivity contribution in [3.8, 4) is 5.75 Å². The molecule has 0 unspecified atom stereocenters. The van der Waals surface area contributed by atoms with Gasteiger partial charge in [0, 0.05) is 17.5 Å². The molecule has 0 saturated carbocycles. The zero-order valence-electron chi connectivity index (χ0n) is 17.0. The van der Waals surface area contributed by atoms with Gasteiger partial charge in [0.05, 0.1) is 28.9 Å². The number of rotatable bonds is 4. The molecule has 0 radical (unpaired) electrons. The normalized spacial score (nSPS) is 25.2. The minimum atomic E-state index is -5.75. The fraction of sp³-hybridized carbons (Fsp3) is 0.400. The molecule has 1 saturated heterocycles. The molecule has 2 aliphatic heterocycles. The van der Waals surface area contributed by atoms with Gasteiger partial charge in [0.15, 0.2) is 21.4 Å². The highest BCUT2D eigenvalue weighted by Gasteiger charge is 2.63. The molecule has 2 heterocycles. The molecule has 0 amide bonds. The largest absolute Gasteiger partial charge is 0.497 e. The lowest BCUT2D eigenvalue weighted by Gasteiger charge is -2.50. The van der Waals surface area contributed by atoms with Gasteiger partial charge in [0.2, 0.25) is 9.84 Å². The summed E-state index contributed by atoms with van der Waals surface area (Å²) < 4.78 is 129. The number of halogens is 6. The van der Waals surface area contributed by atoms with Crippen LogP contribution in [0, 0.1) is 17.6 Å². The first kappa shape index (κ1) is 25.1. The van der Waals surface area contributed by atoms with Crippen molar-refractivity contribution in [3.05, 3.63) is 58.6 Å². The van der Waals surface area contributed by atoms with Gasteiger partial charge in [0.1, 0.15) is 10.6 Å². The van der Waals surface area contributed by atoms with Crippen molar-refractivity contribution in [1.29, 1.82) is 0 Å². The Morgan fingerprint density at radius 2 is 1.62 bits per heavy atom. The molecule has 0 aliphatic carbocycles. The van der Waals surface area contributed by atoms with Crippen LogP contribution in [0.4, 0.5) is 22.0 Å². The summed E-state index contributed by atoms with van der Waals surface area (Å²) in [4.78, 5) is -0.363. The Morgan fingerprint density at radius 3 is 2.24 bits per heavy atom. The van der Waals surface area contributed by atoms with Gasteiger partial charge in [-0.15, -0.1) is 0 Å². The predicted molar refractivity (Wildman–Crippen MR) is 110 cm³/mol. The molecule has 186 valence electrons. The molecule has 1 fully saturated rings. The lowest BCUT2D eigenvalue weighted by atomic mass is 9.76. The Balaban J connectivity index is 1.97. The molecule has 14 heteroatoms. The maximum absolute atomic E-state index is 15.2. The molecule has 0 aromatic heterocycles. The van der Waals surface area contributed by atoms with E-state index in [-0.39, 0.29) is 9.92 Å². The lowest BCUT2D eigenvalue weighted by Crippen LogP contribution is -2.59. The minimum Gasteiger partial charge on any atom is -0.490 e. The maximum Gasteiger partial charge on any atom is 0.497 e. The van der Waals surface area contributed by atoms with Gasteiger partial charge >= 0.3 is 5.51 Å². The fourth-order valence-corrected chi connectivity index (χ4v) is 7.95. The number of hydrogen-bond acceptors (Lipinski definition) is 6. The Bertz CT molecular complexity index is 1330. The van der Waals surface area contributed by atoms with Crippen LogP contribution in [0.15, 0.2) is 41.3 Å². The molecule has 2 aromatic carbocycles. The van der Waals surface area contributed by atoms with E-state index >= 15 is 4.39 Å². The Morgan fingerprint density at radius 1 is 1.00 bits per heavy atom. The van der Waals surface area contributed by atoms with Gasteiger partial charge in [-0.2, -0.15) is 13.2 Å². The van der Waals surface area contributed by atoms with Crippen molar-refractivity contribution in [2.75, 3.05) is 19.0 Å². The number of hydrogen-bond donors (Lipinski definition) is 0. The first-order chi connectivity index (χ1) is 15.7. The Kier molecular flexibility index (Phi) is 6.15. The second-order valence-electron chi connectivity index (χ2n) is 7.88. The number of fused-ring (bicyclic) bond motifs is 3. The third-order valence-electron chi connectivity index (χ3n) is 6.08. The van der Waals surface area contributed by atoms with Crippen molar-refractivity contribution in [2.24, 2.45) is 5.92 Å². The number of alkyl halides is 3. The maximum atomic E-state index is 15.2. The standard InChI is InChI=1S/C20H16ClF5O6S2/c21-11-1-3-12(4-2-11)34(29,30)19-7-8-31-16(10-33(27,28)20(24,25)26)13(19)9-32-18-15(23)6-5-14(22)17(18)19/h1-6,13,16H,7-10H2/t13-,16-,19-/m0/s1. The molecule has 0 bridgehead atoms. The van der Waals surface area contributed by atoms with Crippen LogP contribution in [0.1, 0.15) is 12.0 Å². The van der Waals surface area contributed by atoms with Crippen LogP contribution in [-0.4, -0.2) is 47.4 Å². The molecule has 4 rings (SSSR count). The highest BCUT2D eigenvalue weighted by Crippen LogP contribution is 2.55. The molecule has 3 atom stereocenters. The van der Waals surface area contributed by atoms with E-state index in [4.69, 9.17) is 21.1 Å². The molecule has 2 aliphatic rings. The van der Waals surface area contributed by atoms with Gasteiger partial charge in [0.25, 0.3) is 0 Å². The second-order valence-corrected chi connectivity index (χ2v) is 12.6. The van der Waals surface area contributed by atoms with Crippen molar-refractivity contribution in [2.45, 2.75) is 27.7 Å². The third kappa shape index (κ3) is 3.76. The SMILES string of the molecule is O=S(=O)(C[C@@H]1OCC[C@@]2(S(=O)(=O)c3ccc(Cl)cc3)c3c(F)ccc(F)c3OC[C@@H]12)C(F)(F)F. The molecule has 2 aromatic rings. The van der Waals surface area contributed by atoms with E-state index in [2.05, 4.69) is 0 Å². The minimum absolute atomic E-state index is 0.179. The van der Waals surface area contributed by atoms with Crippen molar-refractivity contribution in [1.82, 2.24) is 0 Å². The first-order valence-electron chi connectivity index (χ1n) is 9.74. The topological polar surface area (TPSA) is 86.7 Å². The lowest BCUT2D eigenvalue weighted by molar-refractivity contribution is -0.0678. The Labute approximate surface area is 196 Å². The molecule has 0 spiro atoms. The van der Waals surface area contributed by atoms with Gasteiger partial charge < -0.3 is 9.47 Å². The summed E-state index contributed by atoms with van der Waals surface area (Å²) in [5.74, 6) is -6.17. The van der Waals surface area contributed by atoms with Gasteiger partial charge in [-0.1, -0.05) is 11.6 Å². The highest BCUT2D eigenvalue weighted by atomic mass is 35.5. The number of sulfone groups is 2. The van der Waals surface area contributed by atoms with Crippen LogP contribution in [0.5, 0.6) is 5.75 Å². The third-order valence-corrected chi connectivity index (χ3v) is 10.4. The second kappa shape index (κ2) is 8.32. The van der Waals surface area contributed by atoms with Gasteiger partial charge in [-0.3, -0.25) is 0 Å². The van der Waals surface area contributed by atoms with Crippen molar-refractivity contribution in [3.63, 3.8) is 0 Å². The quantitative estimate of drug-likeness (QED) is 0.539. The van der Waals surface area contributed by atoms with Crippen molar-refractivity contribution >= 4 is 31.3 Å². The summed E-state index contributed by atoms with van der Waals surface area (Å²) >= 11 is 5.83. The average Bonchev–Trinajstić information content (AvgIpc) is 2.75. The van der Waals surface area contributed by atoms with Crippen LogP contribution in [0.2, 0.25) is 5.02 Å². The van der Waals surface area contributed by atoms with Crippen LogP contribution < -0.4 is 4.74 Å². The van der Waals surface area contributed by atoms with E-state index < -0.39 is 90.3 Å². The summed E-state index contributed by atoms with van der Waals surface area (Å²) in [6.07, 6.45) is -2.32. The summed E-state index contributed by atoms with van der Waals surface area (Å²) in [6.45, 7) is -1.25. The summed E-state index contributed by atoms with van der Waals surface area (Å²) in [6, 6.07) is 6.12. The zero-order valence-corrected chi connectivity index (χ0v) is 19.4. The fourth-order valence-electron chi connectivity index (χ4n) is 4.52. The summed E-state index contributed by atoms with van der Waals surface area (Å²) in [5, 5.41) is 0.179. The molecular formula is C20H16ClF5O6S2. The smallest absolute Gasteiger partial charge is 0.490 e. The van der Waals surface area contributed by atoms with Gasteiger partial charge in [-0.25, -0.2) is 25.6 Å². The van der Waals surface area contributed by atoms with Crippen LogP contribution in [0.3, 0.4) is 0 Å². The van der Waals surface area contributed by atoms with Gasteiger partial charge in [-0.05, 0) is 42.8 Å². The molecule has 34 heavy (non-hydrogen) atoms. The van der Waals surface area contributed by atoms with Crippen LogP contribution in [-0.2, 0) is 29.2 Å². The highest BCUT2D eigenvalue weighted by molar-refractivity contribution is 7.92. The van der Waals surface area contributed by atoms with E-state index in [0.717, 1.165) is 18.2 Å². The summed E-state index contributed by atoms with van der Waals surface area (Å²) in [5.41, 5.74) is -6.34. The molecule has 6 nitrogen and oxygen atoms in total. The average molecular weight is 547 g/mol. The van der Waals surface area contributed by atoms with E-state index in [9.17, 15) is 34.4 Å². The zero-order chi connectivity index (χ0) is 25.1. The number of ether oxygens (including phenoxy) is 2. The molecular weight excluding hydrogens is 531 g/mol. The van der Waals surface area contributed by atoms with E-state index in [1.165, 1.54) is 12.1 Å². The monoisotopic (exact) mass is 546 g/mol. The molecule has 0 N–H and O–H groups in total. The number of benzene rings is 2. The van der Waals surface area contributed by atoms with E-state index in [1.807, 2.05) is 0 Å². The van der Waals surface area contributed by atoms with Crippen molar-refractivity contribution < 1.29 is 48.3 Å². The predicted octanol–water partition coefficient (Wildman–Crippen LogP) is 4.02. The van der Waals surface area contributed by atoms with Crippen LogP contribution >= 0.6 is 11.6 Å².